The van der Waals surface area contributed by atoms with Crippen LogP contribution in [0.2, 0.25) is 5.15 Å². The molecule has 1 saturated heterocycles. The minimum Gasteiger partial charge on any atom is -0.463 e. The molecule has 29 heavy (non-hydrogen) atoms. The van der Waals surface area contributed by atoms with Gasteiger partial charge < -0.3 is 18.9 Å². The molecule has 11 nitrogen and oxygen atoms in total. The highest BCUT2D eigenvalue weighted by Gasteiger charge is 2.51. The molecule has 0 amide bonds. The van der Waals surface area contributed by atoms with Crippen LogP contribution in [0.4, 0.5) is 0 Å². The molecule has 0 N–H and O–H groups in total. The van der Waals surface area contributed by atoms with E-state index in [1.54, 1.807) is 0 Å². The summed E-state index contributed by atoms with van der Waals surface area (Å²) < 4.78 is 23.4. The molecule has 4 unspecified atom stereocenters. The van der Waals surface area contributed by atoms with Crippen LogP contribution >= 0.6 is 27.5 Å². The van der Waals surface area contributed by atoms with Crippen molar-refractivity contribution in [3.63, 3.8) is 0 Å². The van der Waals surface area contributed by atoms with Crippen LogP contribution in [0, 0.1) is 0 Å². The lowest BCUT2D eigenvalue weighted by Crippen LogP contribution is -2.40. The SMILES string of the molecule is CC(=O)OCC1OC(n2cnc3c(Cl)nc(Br)nc32)C(OC(C)=O)C1OC(C)=O. The lowest BCUT2D eigenvalue weighted by molar-refractivity contribution is -0.166. The Bertz CT molecular complexity index is 968. The van der Waals surface area contributed by atoms with Gasteiger partial charge in [0.2, 0.25) is 0 Å². The van der Waals surface area contributed by atoms with Crippen molar-refractivity contribution in [2.75, 3.05) is 6.61 Å². The van der Waals surface area contributed by atoms with Crippen molar-refractivity contribution in [1.82, 2.24) is 19.5 Å². The highest BCUT2D eigenvalue weighted by atomic mass is 79.9. The Labute approximate surface area is 177 Å². The van der Waals surface area contributed by atoms with Gasteiger partial charge in [-0.1, -0.05) is 11.6 Å². The van der Waals surface area contributed by atoms with E-state index in [4.69, 9.17) is 30.5 Å². The molecule has 3 heterocycles. The predicted octanol–water partition coefficient (Wildman–Crippen LogP) is 1.57. The third kappa shape index (κ3) is 4.65. The first-order valence-electron chi connectivity index (χ1n) is 8.36. The Hall–Kier alpha value is -2.31. The van der Waals surface area contributed by atoms with E-state index < -0.39 is 42.4 Å². The molecule has 1 aliphatic heterocycles. The average Bonchev–Trinajstić information content (AvgIpc) is 3.15. The number of carbonyl (C=O) groups excluding carboxylic acids is 3. The molecule has 0 spiro atoms. The van der Waals surface area contributed by atoms with E-state index in [0.717, 1.165) is 0 Å². The molecule has 4 atom stereocenters. The number of rotatable bonds is 5. The topological polar surface area (TPSA) is 132 Å². The van der Waals surface area contributed by atoms with Gasteiger partial charge in [0.1, 0.15) is 18.2 Å². The second-order valence-corrected chi connectivity index (χ2v) is 7.19. The average molecular weight is 492 g/mol. The van der Waals surface area contributed by atoms with Crippen molar-refractivity contribution < 1.29 is 33.3 Å². The van der Waals surface area contributed by atoms with E-state index in [2.05, 4.69) is 30.9 Å². The number of aromatic nitrogens is 4. The maximum Gasteiger partial charge on any atom is 0.303 e. The van der Waals surface area contributed by atoms with E-state index >= 15 is 0 Å². The number of carbonyl (C=O) groups is 3. The normalized spacial score (nSPS) is 23.8. The van der Waals surface area contributed by atoms with E-state index in [0.29, 0.717) is 11.2 Å². The van der Waals surface area contributed by atoms with Crippen LogP contribution in [0.3, 0.4) is 0 Å². The van der Waals surface area contributed by atoms with Crippen molar-refractivity contribution in [3.8, 4) is 0 Å². The number of fused-ring (bicyclic) bond motifs is 1. The summed E-state index contributed by atoms with van der Waals surface area (Å²) in [6.07, 6.45) is -2.57. The van der Waals surface area contributed by atoms with Crippen molar-refractivity contribution >= 4 is 56.6 Å². The fourth-order valence-corrected chi connectivity index (χ4v) is 3.62. The quantitative estimate of drug-likeness (QED) is 0.263. The lowest BCUT2D eigenvalue weighted by atomic mass is 10.1. The Kier molecular flexibility index (Phi) is 6.34. The summed E-state index contributed by atoms with van der Waals surface area (Å²) in [5, 5.41) is 0.107. The van der Waals surface area contributed by atoms with Crippen LogP contribution in [-0.4, -0.2) is 62.3 Å². The summed E-state index contributed by atoms with van der Waals surface area (Å²) >= 11 is 9.27. The number of ether oxygens (including phenoxy) is 4. The predicted molar refractivity (Wildman–Crippen MR) is 99.7 cm³/mol. The standard InChI is InChI=1S/C16H16BrClN4O7/c1-6(23)26-4-9-11(27-7(2)24)12(28-8(3)25)15(29-9)22-5-19-10-13(18)20-16(17)21-14(10)22/h5,9,11-12,15H,4H2,1-3H3. The van der Waals surface area contributed by atoms with Crippen molar-refractivity contribution in [1.29, 1.82) is 0 Å². The second kappa shape index (κ2) is 8.59. The Morgan fingerprint density at radius 2 is 1.79 bits per heavy atom. The Morgan fingerprint density at radius 3 is 2.41 bits per heavy atom. The van der Waals surface area contributed by atoms with E-state index in [9.17, 15) is 14.4 Å². The summed E-state index contributed by atoms with van der Waals surface area (Å²) in [5.74, 6) is -1.78. The summed E-state index contributed by atoms with van der Waals surface area (Å²) in [7, 11) is 0. The molecular formula is C16H16BrClN4O7. The third-order valence-corrected chi connectivity index (χ3v) is 4.58. The minimum atomic E-state index is -1.05. The molecule has 156 valence electrons. The van der Waals surface area contributed by atoms with Crippen LogP contribution in [0.5, 0.6) is 0 Å². The van der Waals surface area contributed by atoms with E-state index in [1.807, 2.05) is 0 Å². The van der Waals surface area contributed by atoms with Gasteiger partial charge in [0.15, 0.2) is 34.0 Å². The summed E-state index contributed by atoms with van der Waals surface area (Å²) in [6.45, 7) is 3.44. The van der Waals surface area contributed by atoms with E-state index in [1.165, 1.54) is 31.7 Å². The summed E-state index contributed by atoms with van der Waals surface area (Å²) in [6, 6.07) is 0. The van der Waals surface area contributed by atoms with Crippen LogP contribution < -0.4 is 0 Å². The second-order valence-electron chi connectivity index (χ2n) is 6.12. The smallest absolute Gasteiger partial charge is 0.303 e. The molecule has 0 radical (unpaired) electrons. The van der Waals surface area contributed by atoms with Crippen LogP contribution in [-0.2, 0) is 33.3 Å². The van der Waals surface area contributed by atoms with Gasteiger partial charge in [-0.15, -0.1) is 0 Å². The van der Waals surface area contributed by atoms with Gasteiger partial charge in [0.05, 0.1) is 6.33 Å². The van der Waals surface area contributed by atoms with Crippen LogP contribution in [0.1, 0.15) is 27.0 Å². The first kappa shape index (κ1) is 21.4. The molecule has 13 heteroatoms. The third-order valence-electron chi connectivity index (χ3n) is 3.97. The minimum absolute atomic E-state index is 0.107. The summed E-state index contributed by atoms with van der Waals surface area (Å²) in [5.41, 5.74) is 0.598. The number of imidazole rings is 1. The largest absolute Gasteiger partial charge is 0.463 e. The first-order chi connectivity index (χ1) is 13.7. The molecule has 0 aromatic carbocycles. The maximum absolute atomic E-state index is 11.7. The molecule has 0 aliphatic carbocycles. The number of hydrogen-bond acceptors (Lipinski definition) is 10. The van der Waals surface area contributed by atoms with Gasteiger partial charge in [-0.25, -0.2) is 15.0 Å². The van der Waals surface area contributed by atoms with Gasteiger partial charge in [-0.05, 0) is 15.9 Å². The number of nitrogens with zero attached hydrogens (tertiary/aromatic N) is 4. The van der Waals surface area contributed by atoms with Crippen molar-refractivity contribution in [3.05, 3.63) is 16.2 Å². The maximum atomic E-state index is 11.7. The number of halogens is 2. The molecule has 1 aliphatic rings. The highest BCUT2D eigenvalue weighted by molar-refractivity contribution is 9.10. The zero-order chi connectivity index (χ0) is 21.3. The Morgan fingerprint density at radius 1 is 1.14 bits per heavy atom. The monoisotopic (exact) mass is 490 g/mol. The molecule has 1 fully saturated rings. The molecule has 0 bridgehead atoms. The van der Waals surface area contributed by atoms with Gasteiger partial charge in [-0.3, -0.25) is 19.0 Å². The van der Waals surface area contributed by atoms with Gasteiger partial charge in [-0.2, -0.15) is 0 Å². The first-order valence-corrected chi connectivity index (χ1v) is 9.53. The Balaban J connectivity index is 2.04. The van der Waals surface area contributed by atoms with Gasteiger partial charge in [0.25, 0.3) is 0 Å². The molecule has 2 aromatic rings. The summed E-state index contributed by atoms with van der Waals surface area (Å²) in [4.78, 5) is 46.9. The molecule has 0 saturated carbocycles. The van der Waals surface area contributed by atoms with Gasteiger partial charge >= 0.3 is 17.9 Å². The molecule has 2 aromatic heterocycles. The molecular weight excluding hydrogens is 476 g/mol. The fourth-order valence-electron chi connectivity index (χ4n) is 2.96. The number of esters is 3. The van der Waals surface area contributed by atoms with Crippen LogP contribution in [0.15, 0.2) is 11.1 Å². The van der Waals surface area contributed by atoms with Gasteiger partial charge in [0, 0.05) is 20.8 Å². The zero-order valence-electron chi connectivity index (χ0n) is 15.5. The van der Waals surface area contributed by atoms with Crippen molar-refractivity contribution in [2.45, 2.75) is 45.3 Å². The highest BCUT2D eigenvalue weighted by Crippen LogP contribution is 2.36. The van der Waals surface area contributed by atoms with Crippen LogP contribution in [0.25, 0.3) is 11.2 Å². The van der Waals surface area contributed by atoms with E-state index in [-0.39, 0.29) is 16.5 Å². The van der Waals surface area contributed by atoms with Crippen molar-refractivity contribution in [2.24, 2.45) is 0 Å². The lowest BCUT2D eigenvalue weighted by Gasteiger charge is -2.23. The fraction of sp³-hybridized carbons (Fsp3) is 0.500. The number of hydrogen-bond donors (Lipinski definition) is 0. The molecule has 3 rings (SSSR count). The zero-order valence-corrected chi connectivity index (χ0v) is 17.8.